The monoisotopic (exact) mass is 479 g/mol. The van der Waals surface area contributed by atoms with E-state index in [4.69, 9.17) is 21.1 Å². The first-order valence-electron chi connectivity index (χ1n) is 10.0. The van der Waals surface area contributed by atoms with E-state index in [0.717, 1.165) is 0 Å². The highest BCUT2D eigenvalue weighted by atomic mass is 35.5. The smallest absolute Gasteiger partial charge is 0.282 e. The van der Waals surface area contributed by atoms with E-state index >= 15 is 0 Å². The summed E-state index contributed by atoms with van der Waals surface area (Å²) >= 11 is 6.41. The number of nitrogens with zero attached hydrogens (tertiary/aromatic N) is 2. The van der Waals surface area contributed by atoms with Gasteiger partial charge in [0.1, 0.15) is 12.2 Å². The maximum Gasteiger partial charge on any atom is 0.282 e. The van der Waals surface area contributed by atoms with Crippen LogP contribution < -0.4 is 19.9 Å². The number of methoxy groups -OCH3 is 1. The molecule has 1 fully saturated rings. The van der Waals surface area contributed by atoms with E-state index in [1.54, 1.807) is 48.5 Å². The van der Waals surface area contributed by atoms with Crippen LogP contribution in [0.2, 0.25) is 5.02 Å². The van der Waals surface area contributed by atoms with Gasteiger partial charge in [-0.25, -0.2) is 5.01 Å². The second-order valence-corrected chi connectivity index (χ2v) is 7.63. The molecule has 2 amide bonds. The molecule has 1 heterocycles. The number of benzene rings is 3. The van der Waals surface area contributed by atoms with E-state index in [1.807, 2.05) is 6.07 Å². The molecular weight excluding hydrogens is 462 g/mol. The summed E-state index contributed by atoms with van der Waals surface area (Å²) in [6.07, 6.45) is 1.43. The predicted molar refractivity (Wildman–Crippen MR) is 125 cm³/mol. The zero-order valence-corrected chi connectivity index (χ0v) is 18.6. The maximum absolute atomic E-state index is 12.8. The molecule has 9 nitrogen and oxygen atoms in total. The van der Waals surface area contributed by atoms with E-state index < -0.39 is 16.7 Å². The molecule has 3 aromatic carbocycles. The number of hydrogen-bond acceptors (Lipinski definition) is 6. The zero-order valence-electron chi connectivity index (χ0n) is 17.9. The highest BCUT2D eigenvalue weighted by Gasteiger charge is 2.34. The molecule has 0 unspecified atom stereocenters. The highest BCUT2D eigenvalue weighted by Crippen LogP contribution is 2.38. The third-order valence-electron chi connectivity index (χ3n) is 5.00. The van der Waals surface area contributed by atoms with Crippen LogP contribution in [-0.4, -0.2) is 23.8 Å². The fraction of sp³-hybridized carbons (Fsp3) is 0.0833. The maximum atomic E-state index is 12.8. The van der Waals surface area contributed by atoms with Crippen LogP contribution in [0.25, 0.3) is 6.08 Å². The van der Waals surface area contributed by atoms with Crippen molar-refractivity contribution in [1.82, 2.24) is 5.43 Å². The van der Waals surface area contributed by atoms with Crippen molar-refractivity contribution in [2.45, 2.75) is 6.61 Å². The Morgan fingerprint density at radius 1 is 1.09 bits per heavy atom. The van der Waals surface area contributed by atoms with Crippen LogP contribution >= 0.6 is 11.6 Å². The van der Waals surface area contributed by atoms with Gasteiger partial charge in [-0.2, -0.15) is 0 Å². The largest absolute Gasteiger partial charge is 0.493 e. The first-order valence-corrected chi connectivity index (χ1v) is 10.4. The number of halogens is 1. The van der Waals surface area contributed by atoms with Crippen LogP contribution in [0.3, 0.4) is 0 Å². The van der Waals surface area contributed by atoms with Crippen molar-refractivity contribution in [2.75, 3.05) is 12.1 Å². The van der Waals surface area contributed by atoms with Gasteiger partial charge < -0.3 is 9.47 Å². The summed E-state index contributed by atoms with van der Waals surface area (Å²) in [7, 11) is 1.44. The summed E-state index contributed by atoms with van der Waals surface area (Å²) in [5.74, 6) is -0.475. The Morgan fingerprint density at radius 2 is 1.79 bits per heavy atom. The van der Waals surface area contributed by atoms with E-state index in [9.17, 15) is 19.7 Å². The van der Waals surface area contributed by atoms with Crippen molar-refractivity contribution in [3.63, 3.8) is 0 Å². The molecule has 0 atom stereocenters. The number of nitro groups is 1. The predicted octanol–water partition coefficient (Wildman–Crippen LogP) is 4.30. The van der Waals surface area contributed by atoms with Crippen LogP contribution in [0.15, 0.2) is 72.3 Å². The third kappa shape index (κ3) is 4.69. The van der Waals surface area contributed by atoms with Crippen LogP contribution in [0.4, 0.5) is 11.4 Å². The van der Waals surface area contributed by atoms with Crippen LogP contribution in [0.5, 0.6) is 11.5 Å². The van der Waals surface area contributed by atoms with Gasteiger partial charge in [-0.05, 0) is 53.6 Å². The molecule has 10 heteroatoms. The number of anilines is 1. The minimum Gasteiger partial charge on any atom is -0.493 e. The SMILES string of the molecule is COc1cc(/C=C2/C(=O)NN(c3ccccc3)C2=O)cc(Cl)c1OCc1ccc([N+](=O)[O-])cc1. The summed E-state index contributed by atoms with van der Waals surface area (Å²) < 4.78 is 11.2. The molecule has 0 aromatic heterocycles. The Morgan fingerprint density at radius 3 is 2.44 bits per heavy atom. The Bertz CT molecular complexity index is 1290. The molecular formula is C24H18ClN3O6. The minimum atomic E-state index is -0.539. The number of nitrogens with one attached hydrogen (secondary N) is 1. The van der Waals surface area contributed by atoms with Crippen molar-refractivity contribution in [2.24, 2.45) is 0 Å². The number of hydrazine groups is 1. The Hall–Kier alpha value is -4.37. The third-order valence-corrected chi connectivity index (χ3v) is 5.28. The number of para-hydroxylation sites is 1. The number of nitro benzene ring substituents is 1. The lowest BCUT2D eigenvalue weighted by Crippen LogP contribution is -2.35. The number of amides is 2. The normalized spacial score (nSPS) is 14.3. The molecule has 0 spiro atoms. The minimum absolute atomic E-state index is 0.0203. The molecule has 1 aliphatic heterocycles. The molecule has 0 saturated carbocycles. The van der Waals surface area contributed by atoms with Crippen molar-refractivity contribution in [3.05, 3.63) is 98.6 Å². The van der Waals surface area contributed by atoms with Gasteiger partial charge in [-0.15, -0.1) is 0 Å². The van der Waals surface area contributed by atoms with Gasteiger partial charge in [-0.3, -0.25) is 25.1 Å². The molecule has 172 valence electrons. The molecule has 34 heavy (non-hydrogen) atoms. The summed E-state index contributed by atoms with van der Waals surface area (Å²) in [6.45, 7) is 0.0986. The molecule has 0 radical (unpaired) electrons. The standard InChI is InChI=1S/C24H18ClN3O6/c1-33-21-13-16(11-19-23(29)26-27(24(19)30)17-5-3-2-4-6-17)12-20(25)22(21)34-14-15-7-9-18(10-8-15)28(31)32/h2-13H,14H2,1H3,(H,26,29)/b19-11-. The number of non-ortho nitro benzene ring substituents is 1. The van der Waals surface area contributed by atoms with Crippen LogP contribution in [0.1, 0.15) is 11.1 Å². The van der Waals surface area contributed by atoms with E-state index in [2.05, 4.69) is 5.43 Å². The Kier molecular flexibility index (Phi) is 6.46. The second-order valence-electron chi connectivity index (χ2n) is 7.22. The molecule has 1 N–H and O–H groups in total. The van der Waals surface area contributed by atoms with E-state index in [-0.39, 0.29) is 28.6 Å². The first-order chi connectivity index (χ1) is 16.4. The summed E-state index contributed by atoms with van der Waals surface area (Å²) in [6, 6.07) is 17.8. The van der Waals surface area contributed by atoms with Crippen molar-refractivity contribution in [3.8, 4) is 11.5 Å². The Balaban J connectivity index is 1.55. The van der Waals surface area contributed by atoms with Gasteiger partial charge in [0.05, 0.1) is 22.7 Å². The van der Waals surface area contributed by atoms with Crippen LogP contribution in [0, 0.1) is 10.1 Å². The van der Waals surface area contributed by atoms with Gasteiger partial charge in [0, 0.05) is 12.1 Å². The van der Waals surface area contributed by atoms with Gasteiger partial charge in [-0.1, -0.05) is 29.8 Å². The van der Waals surface area contributed by atoms with Crippen LogP contribution in [-0.2, 0) is 16.2 Å². The van der Waals surface area contributed by atoms with Gasteiger partial charge in [0.25, 0.3) is 17.5 Å². The number of hydrogen-bond donors (Lipinski definition) is 1. The topological polar surface area (TPSA) is 111 Å². The zero-order chi connectivity index (χ0) is 24.2. The number of ether oxygens (including phenoxy) is 2. The van der Waals surface area contributed by atoms with Crippen molar-refractivity contribution < 1.29 is 24.0 Å². The van der Waals surface area contributed by atoms with Crippen molar-refractivity contribution >= 4 is 40.9 Å². The lowest BCUT2D eigenvalue weighted by Gasteiger charge is -2.14. The van der Waals surface area contributed by atoms with E-state index in [0.29, 0.717) is 22.6 Å². The fourth-order valence-electron chi connectivity index (χ4n) is 3.32. The highest BCUT2D eigenvalue weighted by molar-refractivity contribution is 6.33. The summed E-state index contributed by atoms with van der Waals surface area (Å²) in [4.78, 5) is 35.5. The number of carbonyl (C=O) groups is 2. The lowest BCUT2D eigenvalue weighted by atomic mass is 10.1. The molecule has 1 saturated heterocycles. The summed E-state index contributed by atoms with van der Waals surface area (Å²) in [5.41, 5.74) is 4.17. The van der Waals surface area contributed by atoms with Gasteiger partial charge in [0.15, 0.2) is 11.5 Å². The number of carbonyl (C=O) groups excluding carboxylic acids is 2. The molecule has 1 aliphatic rings. The molecule has 0 aliphatic carbocycles. The second kappa shape index (κ2) is 9.63. The Labute approximate surface area is 199 Å². The lowest BCUT2D eigenvalue weighted by molar-refractivity contribution is -0.384. The van der Waals surface area contributed by atoms with Crippen molar-refractivity contribution in [1.29, 1.82) is 0 Å². The number of rotatable bonds is 7. The molecule has 0 bridgehead atoms. The molecule has 4 rings (SSSR count). The first kappa shape index (κ1) is 22.8. The fourth-order valence-corrected chi connectivity index (χ4v) is 3.59. The van der Waals surface area contributed by atoms with Gasteiger partial charge >= 0.3 is 0 Å². The average molecular weight is 480 g/mol. The van der Waals surface area contributed by atoms with Gasteiger partial charge in [0.2, 0.25) is 0 Å². The average Bonchev–Trinajstić information content (AvgIpc) is 3.12. The molecule has 3 aromatic rings. The summed E-state index contributed by atoms with van der Waals surface area (Å²) in [5, 5.41) is 12.2. The van der Waals surface area contributed by atoms with E-state index in [1.165, 1.54) is 30.3 Å². The quantitative estimate of drug-likeness (QED) is 0.234.